The molecule has 0 saturated carbocycles. The van der Waals surface area contributed by atoms with Crippen molar-refractivity contribution in [2.45, 2.75) is 19.3 Å². The Morgan fingerprint density at radius 1 is 1.42 bits per heavy atom. The third-order valence-corrected chi connectivity index (χ3v) is 2.56. The predicted octanol–water partition coefficient (Wildman–Crippen LogP) is 1.85. The number of rotatable bonds is 1. The summed E-state index contributed by atoms with van der Waals surface area (Å²) in [4.78, 5) is 13.4. The number of nitrogens with one attached hydrogen (secondary N) is 1. The quantitative estimate of drug-likeness (QED) is 0.702. The van der Waals surface area contributed by atoms with Gasteiger partial charge in [-0.25, -0.2) is 4.79 Å². The molecule has 1 aromatic heterocycles. The van der Waals surface area contributed by atoms with E-state index in [0.29, 0.717) is 5.15 Å². The number of carbonyl (C=O) groups is 1. The van der Waals surface area contributed by atoms with Gasteiger partial charge < -0.3 is 10.1 Å². The van der Waals surface area contributed by atoms with Crippen molar-refractivity contribution in [1.29, 1.82) is 0 Å². The van der Waals surface area contributed by atoms with E-state index in [4.69, 9.17) is 16.7 Å². The fourth-order valence-electron chi connectivity index (χ4n) is 1.71. The Labute approximate surface area is 74.4 Å². The summed E-state index contributed by atoms with van der Waals surface area (Å²) in [7, 11) is 0. The summed E-state index contributed by atoms with van der Waals surface area (Å²) >= 11 is 5.82. The number of hydrogen-bond donors (Lipinski definition) is 2. The molecule has 1 aliphatic carbocycles. The van der Waals surface area contributed by atoms with Crippen LogP contribution in [-0.4, -0.2) is 16.1 Å². The molecule has 4 heteroatoms. The van der Waals surface area contributed by atoms with E-state index in [1.54, 1.807) is 0 Å². The highest BCUT2D eigenvalue weighted by molar-refractivity contribution is 6.30. The van der Waals surface area contributed by atoms with Gasteiger partial charge in [-0.05, 0) is 30.4 Å². The van der Waals surface area contributed by atoms with Crippen molar-refractivity contribution in [3.8, 4) is 0 Å². The predicted molar refractivity (Wildman–Crippen MR) is 44.8 cm³/mol. The van der Waals surface area contributed by atoms with Gasteiger partial charge in [-0.15, -0.1) is 0 Å². The number of aromatic nitrogens is 1. The molecule has 0 spiro atoms. The summed E-state index contributed by atoms with van der Waals surface area (Å²) < 4.78 is 0. The van der Waals surface area contributed by atoms with E-state index in [1.165, 1.54) is 0 Å². The summed E-state index contributed by atoms with van der Waals surface area (Å²) in [5, 5.41) is 9.27. The Hall–Kier alpha value is -0.960. The van der Waals surface area contributed by atoms with Gasteiger partial charge in [0.1, 0.15) is 10.8 Å². The Balaban J connectivity index is 2.58. The van der Waals surface area contributed by atoms with Crippen molar-refractivity contribution in [3.63, 3.8) is 0 Å². The van der Waals surface area contributed by atoms with Crippen molar-refractivity contribution in [1.82, 2.24) is 4.98 Å². The van der Waals surface area contributed by atoms with Crippen LogP contribution in [0.15, 0.2) is 0 Å². The molecule has 0 amide bonds. The lowest BCUT2D eigenvalue weighted by atomic mass is 10.2. The number of aromatic amines is 1. The van der Waals surface area contributed by atoms with Crippen LogP contribution >= 0.6 is 11.6 Å². The van der Waals surface area contributed by atoms with Gasteiger partial charge in [0.25, 0.3) is 0 Å². The van der Waals surface area contributed by atoms with Crippen molar-refractivity contribution >= 4 is 17.6 Å². The summed E-state index contributed by atoms with van der Waals surface area (Å²) in [6.07, 6.45) is 2.75. The molecule has 12 heavy (non-hydrogen) atoms. The SMILES string of the molecule is O=C(O)c1[nH]c(Cl)c2c1CCC2. The molecule has 0 radical (unpaired) electrons. The second-order valence-corrected chi connectivity index (χ2v) is 3.31. The van der Waals surface area contributed by atoms with E-state index < -0.39 is 5.97 Å². The number of hydrogen-bond acceptors (Lipinski definition) is 1. The zero-order valence-corrected chi connectivity index (χ0v) is 7.11. The van der Waals surface area contributed by atoms with Crippen LogP contribution in [0.1, 0.15) is 28.0 Å². The van der Waals surface area contributed by atoms with Crippen molar-refractivity contribution < 1.29 is 9.90 Å². The van der Waals surface area contributed by atoms with Gasteiger partial charge in [0.05, 0.1) is 0 Å². The minimum absolute atomic E-state index is 0.271. The van der Waals surface area contributed by atoms with Crippen molar-refractivity contribution in [2.24, 2.45) is 0 Å². The first kappa shape index (κ1) is 7.68. The maximum absolute atomic E-state index is 10.7. The van der Waals surface area contributed by atoms with Crippen LogP contribution in [0.2, 0.25) is 5.15 Å². The highest BCUT2D eigenvalue weighted by atomic mass is 35.5. The zero-order chi connectivity index (χ0) is 8.72. The number of carboxylic acids is 1. The molecule has 0 aliphatic heterocycles. The van der Waals surface area contributed by atoms with Crippen LogP contribution < -0.4 is 0 Å². The van der Waals surface area contributed by atoms with Crippen LogP contribution in [0.4, 0.5) is 0 Å². The van der Waals surface area contributed by atoms with Crippen molar-refractivity contribution in [2.75, 3.05) is 0 Å². The first-order chi connectivity index (χ1) is 5.70. The van der Waals surface area contributed by atoms with Crippen LogP contribution in [0.3, 0.4) is 0 Å². The first-order valence-electron chi connectivity index (χ1n) is 3.82. The summed E-state index contributed by atoms with van der Waals surface area (Å²) in [5.74, 6) is -0.917. The van der Waals surface area contributed by atoms with E-state index in [9.17, 15) is 4.79 Å². The monoisotopic (exact) mass is 185 g/mol. The summed E-state index contributed by atoms with van der Waals surface area (Å²) in [6.45, 7) is 0. The highest BCUT2D eigenvalue weighted by Crippen LogP contribution is 2.31. The van der Waals surface area contributed by atoms with Gasteiger partial charge in [0.15, 0.2) is 0 Å². The fourth-order valence-corrected chi connectivity index (χ4v) is 2.01. The van der Waals surface area contributed by atoms with Gasteiger partial charge in [0.2, 0.25) is 0 Å². The molecule has 0 unspecified atom stereocenters. The molecule has 0 atom stereocenters. The third-order valence-electron chi connectivity index (χ3n) is 2.23. The second-order valence-electron chi connectivity index (χ2n) is 2.93. The van der Waals surface area contributed by atoms with Gasteiger partial charge in [-0.2, -0.15) is 0 Å². The molecule has 1 heterocycles. The number of halogens is 1. The molecule has 0 saturated heterocycles. The maximum atomic E-state index is 10.7. The normalized spacial score (nSPS) is 14.8. The molecule has 0 bridgehead atoms. The minimum Gasteiger partial charge on any atom is -0.477 e. The van der Waals surface area contributed by atoms with Gasteiger partial charge in [-0.3, -0.25) is 0 Å². The molecule has 64 valence electrons. The summed E-state index contributed by atoms with van der Waals surface area (Å²) in [5.41, 5.74) is 2.16. The lowest BCUT2D eigenvalue weighted by molar-refractivity contribution is 0.0690. The molecule has 0 fully saturated rings. The largest absolute Gasteiger partial charge is 0.477 e. The van der Waals surface area contributed by atoms with E-state index in [2.05, 4.69) is 4.98 Å². The third kappa shape index (κ3) is 0.932. The van der Waals surface area contributed by atoms with E-state index in [1.807, 2.05) is 0 Å². The molecule has 1 aliphatic rings. The van der Waals surface area contributed by atoms with Gasteiger partial charge >= 0.3 is 5.97 Å². The number of aromatic carboxylic acids is 1. The Morgan fingerprint density at radius 2 is 2.08 bits per heavy atom. The smallest absolute Gasteiger partial charge is 0.352 e. The number of H-pyrrole nitrogens is 1. The van der Waals surface area contributed by atoms with E-state index in [0.717, 1.165) is 30.4 Å². The van der Waals surface area contributed by atoms with Crippen LogP contribution in [0.5, 0.6) is 0 Å². The molecule has 2 N–H and O–H groups in total. The van der Waals surface area contributed by atoms with Gasteiger partial charge in [-0.1, -0.05) is 11.6 Å². The minimum atomic E-state index is -0.917. The van der Waals surface area contributed by atoms with Gasteiger partial charge in [0, 0.05) is 0 Å². The van der Waals surface area contributed by atoms with Crippen LogP contribution in [0, 0.1) is 0 Å². The topological polar surface area (TPSA) is 53.1 Å². The maximum Gasteiger partial charge on any atom is 0.352 e. The molecular formula is C8H8ClNO2. The second kappa shape index (κ2) is 2.52. The van der Waals surface area contributed by atoms with Crippen LogP contribution in [0.25, 0.3) is 0 Å². The lowest BCUT2D eigenvalue weighted by Gasteiger charge is -1.91. The molecule has 1 aromatic rings. The van der Waals surface area contributed by atoms with Crippen molar-refractivity contribution in [3.05, 3.63) is 22.0 Å². The molecule has 2 rings (SSSR count). The number of fused-ring (bicyclic) bond motifs is 1. The Kier molecular flexibility index (Phi) is 1.61. The van der Waals surface area contributed by atoms with E-state index >= 15 is 0 Å². The fraction of sp³-hybridized carbons (Fsp3) is 0.375. The Bertz CT molecular complexity index is 343. The summed E-state index contributed by atoms with van der Waals surface area (Å²) in [6, 6.07) is 0. The zero-order valence-electron chi connectivity index (χ0n) is 6.35. The molecule has 3 nitrogen and oxygen atoms in total. The molecule has 0 aromatic carbocycles. The Morgan fingerprint density at radius 3 is 2.75 bits per heavy atom. The molecular weight excluding hydrogens is 178 g/mol. The average molecular weight is 186 g/mol. The van der Waals surface area contributed by atoms with E-state index in [-0.39, 0.29) is 5.69 Å². The average Bonchev–Trinajstić information content (AvgIpc) is 2.53. The standard InChI is InChI=1S/C8H8ClNO2/c9-7-5-3-1-2-4(5)6(10-7)8(11)12/h10H,1-3H2,(H,11,12). The lowest BCUT2D eigenvalue weighted by Crippen LogP contribution is -1.99. The first-order valence-corrected chi connectivity index (χ1v) is 4.20. The highest BCUT2D eigenvalue weighted by Gasteiger charge is 2.23. The van der Waals surface area contributed by atoms with Crippen LogP contribution in [-0.2, 0) is 12.8 Å². The number of carboxylic acid groups (broad SMARTS) is 1.